The first kappa shape index (κ1) is 20.0. The van der Waals surface area contributed by atoms with Crippen molar-refractivity contribution in [3.63, 3.8) is 0 Å². The highest BCUT2D eigenvalue weighted by Crippen LogP contribution is 2.18. The molecule has 0 spiro atoms. The van der Waals surface area contributed by atoms with Crippen LogP contribution in [0.5, 0.6) is 0 Å². The maximum Gasteiger partial charge on any atom is 0.409 e. The van der Waals surface area contributed by atoms with Gasteiger partial charge >= 0.3 is 6.09 Å². The van der Waals surface area contributed by atoms with Gasteiger partial charge in [0.05, 0.1) is 18.7 Å². The van der Waals surface area contributed by atoms with E-state index < -0.39 is 12.1 Å². The van der Waals surface area contributed by atoms with Crippen molar-refractivity contribution >= 4 is 17.9 Å². The van der Waals surface area contributed by atoms with Gasteiger partial charge in [-0.05, 0) is 26.2 Å². The number of carbonyl (C=O) groups is 3. The van der Waals surface area contributed by atoms with Crippen LogP contribution in [0.15, 0.2) is 0 Å². The minimum Gasteiger partial charge on any atom is -0.450 e. The van der Waals surface area contributed by atoms with Crippen LogP contribution in [0.4, 0.5) is 4.79 Å². The molecule has 0 unspecified atom stereocenters. The summed E-state index contributed by atoms with van der Waals surface area (Å²) in [7, 11) is 0. The first-order valence-corrected chi connectivity index (χ1v) is 9.13. The molecule has 2 rings (SSSR count). The van der Waals surface area contributed by atoms with Gasteiger partial charge in [-0.2, -0.15) is 5.26 Å². The Morgan fingerprint density at radius 1 is 1.19 bits per heavy atom. The van der Waals surface area contributed by atoms with Gasteiger partial charge in [0.1, 0.15) is 6.04 Å². The molecule has 0 bridgehead atoms. The normalized spacial score (nSPS) is 21.3. The summed E-state index contributed by atoms with van der Waals surface area (Å²) in [4.78, 5) is 41.1. The minimum atomic E-state index is -0.770. The number of piperazine rings is 1. The smallest absolute Gasteiger partial charge is 0.409 e. The van der Waals surface area contributed by atoms with Crippen molar-refractivity contribution in [1.82, 2.24) is 14.7 Å². The molecule has 2 N–H and O–H groups in total. The maximum atomic E-state index is 12.3. The number of rotatable bonds is 5. The van der Waals surface area contributed by atoms with Crippen LogP contribution < -0.4 is 5.73 Å². The molecule has 2 aliphatic rings. The lowest BCUT2D eigenvalue weighted by atomic mass is 10.1. The molecule has 26 heavy (non-hydrogen) atoms. The number of ether oxygens (including phenoxy) is 1. The molecule has 2 atom stereocenters. The molecule has 9 heteroatoms. The fourth-order valence-corrected chi connectivity index (χ4v) is 3.29. The monoisotopic (exact) mass is 365 g/mol. The average molecular weight is 365 g/mol. The molecule has 9 nitrogen and oxygen atoms in total. The van der Waals surface area contributed by atoms with Crippen LogP contribution in [-0.2, 0) is 14.3 Å². The Labute approximate surface area is 153 Å². The van der Waals surface area contributed by atoms with E-state index in [0.717, 1.165) is 6.42 Å². The van der Waals surface area contributed by atoms with E-state index in [1.165, 1.54) is 4.90 Å². The fourth-order valence-electron chi connectivity index (χ4n) is 3.29. The van der Waals surface area contributed by atoms with Gasteiger partial charge in [0.2, 0.25) is 11.8 Å². The van der Waals surface area contributed by atoms with Crippen LogP contribution in [0.1, 0.15) is 32.6 Å². The second-order valence-corrected chi connectivity index (χ2v) is 6.53. The highest BCUT2D eigenvalue weighted by Gasteiger charge is 2.32. The van der Waals surface area contributed by atoms with Gasteiger partial charge in [0.15, 0.2) is 0 Å². The van der Waals surface area contributed by atoms with E-state index in [9.17, 15) is 14.4 Å². The molecular formula is C17H27N5O4. The predicted octanol–water partition coefficient (Wildman–Crippen LogP) is -0.0908. The third kappa shape index (κ3) is 4.85. The number of nitrogens with two attached hydrogens (primary N) is 1. The first-order valence-electron chi connectivity index (χ1n) is 9.13. The summed E-state index contributed by atoms with van der Waals surface area (Å²) in [5, 5.41) is 9.07. The largest absolute Gasteiger partial charge is 0.450 e. The second-order valence-electron chi connectivity index (χ2n) is 6.53. The van der Waals surface area contributed by atoms with Crippen molar-refractivity contribution in [2.24, 2.45) is 5.73 Å². The van der Waals surface area contributed by atoms with Crippen molar-refractivity contribution in [3.8, 4) is 6.07 Å². The standard InChI is InChI=1S/C17H27N5O4/c1-2-26-17(25)21-10-8-20(9-11-21)15(23)6-5-14(19)16(24)22-7-3-4-13(22)12-18/h13-14H,2-11,19H2,1H3/t13-,14-/m0/s1. The Morgan fingerprint density at radius 2 is 1.85 bits per heavy atom. The lowest BCUT2D eigenvalue weighted by molar-refractivity contribution is -0.134. The van der Waals surface area contributed by atoms with E-state index in [1.807, 2.05) is 0 Å². The van der Waals surface area contributed by atoms with Gasteiger partial charge in [0, 0.05) is 39.1 Å². The van der Waals surface area contributed by atoms with Gasteiger partial charge in [-0.15, -0.1) is 0 Å². The van der Waals surface area contributed by atoms with Crippen LogP contribution in [0, 0.1) is 11.3 Å². The molecule has 0 aromatic rings. The zero-order valence-electron chi connectivity index (χ0n) is 15.2. The number of hydrogen-bond acceptors (Lipinski definition) is 6. The highest BCUT2D eigenvalue weighted by molar-refractivity contribution is 5.84. The van der Waals surface area contributed by atoms with Crippen molar-refractivity contribution in [2.75, 3.05) is 39.3 Å². The van der Waals surface area contributed by atoms with Crippen LogP contribution in [-0.4, -0.2) is 84.0 Å². The third-order valence-corrected chi connectivity index (χ3v) is 4.83. The number of nitrogens with zero attached hydrogens (tertiary/aromatic N) is 4. The van der Waals surface area contributed by atoms with Gasteiger partial charge in [0.25, 0.3) is 0 Å². The van der Waals surface area contributed by atoms with E-state index in [2.05, 4.69) is 6.07 Å². The number of amides is 3. The highest BCUT2D eigenvalue weighted by atomic mass is 16.6. The number of nitriles is 1. The van der Waals surface area contributed by atoms with E-state index in [1.54, 1.807) is 16.7 Å². The summed E-state index contributed by atoms with van der Waals surface area (Å²) in [6.45, 7) is 4.40. The predicted molar refractivity (Wildman–Crippen MR) is 92.7 cm³/mol. The number of hydrogen-bond donors (Lipinski definition) is 1. The Morgan fingerprint density at radius 3 is 2.46 bits per heavy atom. The van der Waals surface area contributed by atoms with Gasteiger partial charge < -0.3 is 25.2 Å². The molecule has 0 saturated carbocycles. The van der Waals surface area contributed by atoms with Crippen molar-refractivity contribution in [3.05, 3.63) is 0 Å². The van der Waals surface area contributed by atoms with Crippen molar-refractivity contribution in [1.29, 1.82) is 5.26 Å². The van der Waals surface area contributed by atoms with Crippen molar-refractivity contribution < 1.29 is 19.1 Å². The van der Waals surface area contributed by atoms with E-state index in [0.29, 0.717) is 45.8 Å². The SMILES string of the molecule is CCOC(=O)N1CCN(C(=O)CC[C@H](N)C(=O)N2CCC[C@H]2C#N)CC1. The number of carbonyl (C=O) groups excluding carboxylic acids is 3. The molecule has 0 aromatic heterocycles. The molecule has 2 saturated heterocycles. The molecule has 0 aromatic carbocycles. The van der Waals surface area contributed by atoms with Gasteiger partial charge in [-0.25, -0.2) is 4.79 Å². The molecule has 2 heterocycles. The second kappa shape index (κ2) is 9.38. The molecule has 2 fully saturated rings. The Hall–Kier alpha value is -2.34. The Balaban J connectivity index is 1.74. The lowest BCUT2D eigenvalue weighted by Crippen LogP contribution is -2.51. The first-order chi connectivity index (χ1) is 12.5. The van der Waals surface area contributed by atoms with Gasteiger partial charge in [-0.1, -0.05) is 0 Å². The Bertz CT molecular complexity index is 568. The molecular weight excluding hydrogens is 338 g/mol. The average Bonchev–Trinajstić information content (AvgIpc) is 3.14. The molecule has 0 aliphatic carbocycles. The lowest BCUT2D eigenvalue weighted by Gasteiger charge is -2.34. The van der Waals surface area contributed by atoms with Crippen LogP contribution in [0.2, 0.25) is 0 Å². The van der Waals surface area contributed by atoms with E-state index in [-0.39, 0.29) is 30.7 Å². The van der Waals surface area contributed by atoms with Crippen LogP contribution in [0.25, 0.3) is 0 Å². The summed E-state index contributed by atoms with van der Waals surface area (Å²) < 4.78 is 4.95. The van der Waals surface area contributed by atoms with Crippen LogP contribution >= 0.6 is 0 Å². The zero-order valence-corrected chi connectivity index (χ0v) is 15.2. The summed E-state index contributed by atoms with van der Waals surface area (Å²) in [5.41, 5.74) is 5.95. The summed E-state index contributed by atoms with van der Waals surface area (Å²) >= 11 is 0. The zero-order chi connectivity index (χ0) is 19.1. The quantitative estimate of drug-likeness (QED) is 0.727. The summed E-state index contributed by atoms with van der Waals surface area (Å²) in [5.74, 6) is -0.330. The molecule has 144 valence electrons. The Kier molecular flexibility index (Phi) is 7.21. The topological polar surface area (TPSA) is 120 Å². The number of likely N-dealkylation sites (tertiary alicyclic amines) is 1. The van der Waals surface area contributed by atoms with E-state index >= 15 is 0 Å². The molecule has 3 amide bonds. The fraction of sp³-hybridized carbons (Fsp3) is 0.765. The summed E-state index contributed by atoms with van der Waals surface area (Å²) in [6.07, 6.45) is 1.56. The third-order valence-electron chi connectivity index (χ3n) is 4.83. The molecule has 2 aliphatic heterocycles. The van der Waals surface area contributed by atoms with Gasteiger partial charge in [-0.3, -0.25) is 9.59 Å². The molecule has 0 radical (unpaired) electrons. The maximum absolute atomic E-state index is 12.3. The van der Waals surface area contributed by atoms with E-state index in [4.69, 9.17) is 15.7 Å². The minimum absolute atomic E-state index is 0.0741. The summed E-state index contributed by atoms with van der Waals surface area (Å²) in [6, 6.07) is 0.948. The van der Waals surface area contributed by atoms with Crippen LogP contribution in [0.3, 0.4) is 0 Å². The van der Waals surface area contributed by atoms with Crippen molar-refractivity contribution in [2.45, 2.75) is 44.7 Å².